The molecule has 0 radical (unpaired) electrons. The van der Waals surface area contributed by atoms with E-state index in [2.05, 4.69) is 41.2 Å². The van der Waals surface area contributed by atoms with Crippen LogP contribution in [0.1, 0.15) is 18.0 Å². The number of hydrazine groups is 1. The Labute approximate surface area is 129 Å². The zero-order valence-electron chi connectivity index (χ0n) is 12.1. The van der Waals surface area contributed by atoms with Crippen LogP contribution in [0.3, 0.4) is 0 Å². The lowest BCUT2D eigenvalue weighted by Crippen LogP contribution is -2.31. The predicted molar refractivity (Wildman–Crippen MR) is 83.9 cm³/mol. The third-order valence-electron chi connectivity index (χ3n) is 4.55. The molecule has 2 aromatic carbocycles. The van der Waals surface area contributed by atoms with Crippen LogP contribution in [0.25, 0.3) is 11.1 Å². The van der Waals surface area contributed by atoms with Gasteiger partial charge in [0.05, 0.1) is 18.7 Å². The fraction of sp³-hybridized carbons (Fsp3) is 0.278. The Morgan fingerprint density at radius 3 is 2.73 bits per heavy atom. The van der Waals surface area contributed by atoms with Crippen molar-refractivity contribution < 1.29 is 4.74 Å². The molecule has 0 aromatic heterocycles. The molecule has 4 heteroatoms. The molecule has 2 aliphatic rings. The van der Waals surface area contributed by atoms with Gasteiger partial charge in [-0.1, -0.05) is 36.4 Å². The zero-order valence-corrected chi connectivity index (χ0v) is 12.1. The van der Waals surface area contributed by atoms with Gasteiger partial charge >= 0.3 is 0 Å². The van der Waals surface area contributed by atoms with Crippen LogP contribution in [0, 0.1) is 17.2 Å². The van der Waals surface area contributed by atoms with Gasteiger partial charge in [0.2, 0.25) is 0 Å². The maximum atomic E-state index is 9.28. The van der Waals surface area contributed by atoms with Gasteiger partial charge in [0, 0.05) is 11.5 Å². The standard InChI is InChI=1S/C18H17N3O/c19-11-16-14-8-9-22-17-7-6-13(12-4-2-1-3-5-12)10-15(17)18(14)21-20-16/h1-7,10,14,16,18,20-21H,8-9H2. The molecule has 22 heavy (non-hydrogen) atoms. The summed E-state index contributed by atoms with van der Waals surface area (Å²) in [5.41, 5.74) is 9.89. The molecule has 0 saturated carbocycles. The first-order valence-corrected chi connectivity index (χ1v) is 7.59. The Balaban J connectivity index is 1.77. The lowest BCUT2D eigenvalue weighted by Gasteiger charge is -2.18. The Morgan fingerprint density at radius 1 is 1.05 bits per heavy atom. The molecule has 3 unspecified atom stereocenters. The smallest absolute Gasteiger partial charge is 0.124 e. The number of nitrogens with one attached hydrogen (secondary N) is 2. The average Bonchev–Trinajstić information content (AvgIpc) is 2.90. The quantitative estimate of drug-likeness (QED) is 0.848. The molecule has 0 amide bonds. The van der Waals surface area contributed by atoms with Crippen molar-refractivity contribution in [1.29, 1.82) is 5.26 Å². The number of hydrogen-bond donors (Lipinski definition) is 2. The number of hydrogen-bond acceptors (Lipinski definition) is 4. The van der Waals surface area contributed by atoms with E-state index in [1.54, 1.807) is 0 Å². The number of fused-ring (bicyclic) bond motifs is 3. The number of nitriles is 1. The van der Waals surface area contributed by atoms with E-state index in [-0.39, 0.29) is 18.0 Å². The van der Waals surface area contributed by atoms with Gasteiger partial charge < -0.3 is 4.74 Å². The van der Waals surface area contributed by atoms with E-state index in [1.165, 1.54) is 11.1 Å². The Hall–Kier alpha value is -2.35. The van der Waals surface area contributed by atoms with Crippen LogP contribution >= 0.6 is 0 Å². The van der Waals surface area contributed by atoms with Crippen LogP contribution in [-0.4, -0.2) is 12.6 Å². The maximum absolute atomic E-state index is 9.28. The molecule has 0 spiro atoms. The molecule has 4 rings (SSSR count). The zero-order chi connectivity index (χ0) is 14.9. The highest BCUT2D eigenvalue weighted by molar-refractivity contribution is 5.66. The van der Waals surface area contributed by atoms with Gasteiger partial charge in [-0.2, -0.15) is 5.26 Å². The first kappa shape index (κ1) is 13.3. The Kier molecular flexibility index (Phi) is 3.30. The van der Waals surface area contributed by atoms with E-state index in [0.29, 0.717) is 6.61 Å². The highest BCUT2D eigenvalue weighted by Crippen LogP contribution is 2.40. The minimum atomic E-state index is -0.167. The predicted octanol–water partition coefficient (Wildman–Crippen LogP) is 2.79. The van der Waals surface area contributed by atoms with E-state index in [1.807, 2.05) is 24.3 Å². The van der Waals surface area contributed by atoms with Crippen LogP contribution in [0.4, 0.5) is 0 Å². The lowest BCUT2D eigenvalue weighted by molar-refractivity contribution is 0.289. The summed E-state index contributed by atoms with van der Waals surface area (Å²) in [6, 6.07) is 18.9. The molecular formula is C18H17N3O. The Morgan fingerprint density at radius 2 is 1.91 bits per heavy atom. The van der Waals surface area contributed by atoms with Crippen molar-refractivity contribution in [3.63, 3.8) is 0 Å². The maximum Gasteiger partial charge on any atom is 0.124 e. The lowest BCUT2D eigenvalue weighted by atomic mass is 9.87. The molecule has 2 aromatic rings. The van der Waals surface area contributed by atoms with E-state index < -0.39 is 0 Å². The second-order valence-electron chi connectivity index (χ2n) is 5.79. The van der Waals surface area contributed by atoms with Gasteiger partial charge in [0.15, 0.2) is 0 Å². The molecule has 2 N–H and O–H groups in total. The molecule has 1 fully saturated rings. The topological polar surface area (TPSA) is 57.1 Å². The number of rotatable bonds is 1. The molecule has 1 saturated heterocycles. The van der Waals surface area contributed by atoms with Gasteiger partial charge in [-0.3, -0.25) is 0 Å². The average molecular weight is 291 g/mol. The molecule has 0 bridgehead atoms. The first-order valence-electron chi connectivity index (χ1n) is 7.59. The minimum absolute atomic E-state index is 0.116. The van der Waals surface area contributed by atoms with E-state index in [9.17, 15) is 5.26 Å². The van der Waals surface area contributed by atoms with Crippen molar-refractivity contribution in [2.45, 2.75) is 18.5 Å². The summed E-state index contributed by atoms with van der Waals surface area (Å²) in [6.07, 6.45) is 0.873. The van der Waals surface area contributed by atoms with Crippen LogP contribution in [-0.2, 0) is 0 Å². The van der Waals surface area contributed by atoms with E-state index in [0.717, 1.165) is 17.7 Å². The molecule has 0 aliphatic carbocycles. The van der Waals surface area contributed by atoms with Crippen LogP contribution in [0.5, 0.6) is 5.75 Å². The summed E-state index contributed by atoms with van der Waals surface area (Å²) in [6.45, 7) is 0.653. The van der Waals surface area contributed by atoms with Crippen molar-refractivity contribution in [3.8, 4) is 22.9 Å². The van der Waals surface area contributed by atoms with Gasteiger partial charge in [-0.15, -0.1) is 0 Å². The third kappa shape index (κ3) is 2.16. The summed E-state index contributed by atoms with van der Waals surface area (Å²) < 4.78 is 5.89. The highest BCUT2D eigenvalue weighted by Gasteiger charge is 2.39. The fourth-order valence-electron chi connectivity index (χ4n) is 3.39. The van der Waals surface area contributed by atoms with Crippen molar-refractivity contribution in [2.75, 3.05) is 6.61 Å². The highest BCUT2D eigenvalue weighted by atomic mass is 16.5. The molecule has 3 atom stereocenters. The van der Waals surface area contributed by atoms with Crippen molar-refractivity contribution >= 4 is 0 Å². The summed E-state index contributed by atoms with van der Waals surface area (Å²) in [4.78, 5) is 0. The summed E-state index contributed by atoms with van der Waals surface area (Å²) in [5.74, 6) is 1.15. The van der Waals surface area contributed by atoms with Crippen LogP contribution in [0.15, 0.2) is 48.5 Å². The Bertz CT molecular complexity index is 723. The fourth-order valence-corrected chi connectivity index (χ4v) is 3.39. The van der Waals surface area contributed by atoms with Gasteiger partial charge in [-0.25, -0.2) is 10.9 Å². The second kappa shape index (κ2) is 5.45. The van der Waals surface area contributed by atoms with Gasteiger partial charge in [0.25, 0.3) is 0 Å². The SMILES string of the molecule is N#CC1NNC2c3cc(-c4ccccc4)ccc3OCCC12. The van der Waals surface area contributed by atoms with Crippen molar-refractivity contribution in [3.05, 3.63) is 54.1 Å². The normalized spacial score (nSPS) is 26.2. The van der Waals surface area contributed by atoms with Gasteiger partial charge in [0.1, 0.15) is 11.8 Å². The van der Waals surface area contributed by atoms with Crippen LogP contribution in [0.2, 0.25) is 0 Å². The summed E-state index contributed by atoms with van der Waals surface area (Å²) in [5, 5.41) is 9.28. The molecule has 110 valence electrons. The summed E-state index contributed by atoms with van der Waals surface area (Å²) >= 11 is 0. The monoisotopic (exact) mass is 291 g/mol. The van der Waals surface area contributed by atoms with Crippen molar-refractivity contribution in [2.24, 2.45) is 5.92 Å². The van der Waals surface area contributed by atoms with Crippen molar-refractivity contribution in [1.82, 2.24) is 10.9 Å². The van der Waals surface area contributed by atoms with E-state index in [4.69, 9.17) is 4.74 Å². The van der Waals surface area contributed by atoms with E-state index >= 15 is 0 Å². The minimum Gasteiger partial charge on any atom is -0.493 e. The molecule has 2 aliphatic heterocycles. The second-order valence-corrected chi connectivity index (χ2v) is 5.79. The molecular weight excluding hydrogens is 274 g/mol. The largest absolute Gasteiger partial charge is 0.493 e. The third-order valence-corrected chi connectivity index (χ3v) is 4.55. The first-order chi connectivity index (χ1) is 10.9. The number of ether oxygens (including phenoxy) is 1. The number of benzene rings is 2. The van der Waals surface area contributed by atoms with Crippen LogP contribution < -0.4 is 15.6 Å². The van der Waals surface area contributed by atoms with Gasteiger partial charge in [-0.05, 0) is 29.7 Å². The summed E-state index contributed by atoms with van der Waals surface area (Å²) in [7, 11) is 0. The molecule has 4 nitrogen and oxygen atoms in total. The molecule has 2 heterocycles. The number of nitrogens with zero attached hydrogens (tertiary/aromatic N) is 1.